The molecule has 2 N–H and O–H groups in total. The van der Waals surface area contributed by atoms with E-state index in [4.69, 9.17) is 9.47 Å². The average molecular weight is 462 g/mol. The Bertz CT molecular complexity index is 484. The van der Waals surface area contributed by atoms with Crippen LogP contribution in [0.5, 0.6) is 5.88 Å². The lowest BCUT2D eigenvalue weighted by Crippen LogP contribution is -2.39. The van der Waals surface area contributed by atoms with Crippen LogP contribution in [-0.4, -0.2) is 51.4 Å². The number of ether oxygens (including phenoxy) is 2. The third-order valence-corrected chi connectivity index (χ3v) is 2.75. The molecule has 1 aromatic rings. The summed E-state index contributed by atoms with van der Waals surface area (Å²) in [7, 11) is 3.28. The first-order valence-corrected chi connectivity index (χ1v) is 7.07. The van der Waals surface area contributed by atoms with Gasteiger partial charge in [-0.1, -0.05) is 0 Å². The second-order valence-electron chi connectivity index (χ2n) is 4.50. The monoisotopic (exact) mass is 462 g/mol. The van der Waals surface area contributed by atoms with Crippen molar-refractivity contribution in [2.45, 2.75) is 12.6 Å². The highest BCUT2D eigenvalue weighted by atomic mass is 127. The van der Waals surface area contributed by atoms with Crippen LogP contribution in [0.3, 0.4) is 0 Å². The first kappa shape index (κ1) is 22.7. The molecule has 10 heteroatoms. The lowest BCUT2D eigenvalue weighted by molar-refractivity contribution is -0.137. The average Bonchev–Trinajstić information content (AvgIpc) is 2.53. The second kappa shape index (κ2) is 12.1. The number of aliphatic imine (C=N–C) groups is 1. The summed E-state index contributed by atoms with van der Waals surface area (Å²) in [6, 6.07) is 2.13. The summed E-state index contributed by atoms with van der Waals surface area (Å²) < 4.78 is 47.4. The zero-order valence-corrected chi connectivity index (χ0v) is 15.9. The molecule has 0 bridgehead atoms. The van der Waals surface area contributed by atoms with Crippen LogP contribution in [0.1, 0.15) is 12.0 Å². The van der Waals surface area contributed by atoms with Gasteiger partial charge in [0.25, 0.3) is 0 Å². The molecule has 0 aliphatic rings. The molecule has 24 heavy (non-hydrogen) atoms. The Hall–Kier alpha value is -1.30. The summed E-state index contributed by atoms with van der Waals surface area (Å²) in [4.78, 5) is 7.65. The highest BCUT2D eigenvalue weighted by Crippen LogP contribution is 2.29. The largest absolute Gasteiger partial charge is 0.476 e. The van der Waals surface area contributed by atoms with Crippen molar-refractivity contribution in [3.63, 3.8) is 0 Å². The molecule has 1 aromatic heterocycles. The zero-order valence-electron chi connectivity index (χ0n) is 13.5. The minimum atomic E-state index is -4.39. The maximum absolute atomic E-state index is 12.4. The highest BCUT2D eigenvalue weighted by Gasteiger charge is 2.30. The first-order valence-electron chi connectivity index (χ1n) is 7.07. The fourth-order valence-corrected chi connectivity index (χ4v) is 1.60. The molecule has 0 saturated heterocycles. The number of guanidine groups is 1. The van der Waals surface area contributed by atoms with Gasteiger partial charge in [0.2, 0.25) is 5.88 Å². The van der Waals surface area contributed by atoms with Gasteiger partial charge in [0.05, 0.1) is 12.1 Å². The van der Waals surface area contributed by atoms with Gasteiger partial charge in [-0.15, -0.1) is 24.0 Å². The van der Waals surface area contributed by atoms with E-state index in [-0.39, 0.29) is 36.5 Å². The summed E-state index contributed by atoms with van der Waals surface area (Å²) in [5.74, 6) is 0.757. The van der Waals surface area contributed by atoms with E-state index < -0.39 is 11.7 Å². The molecule has 0 aliphatic heterocycles. The van der Waals surface area contributed by atoms with Crippen LogP contribution in [0, 0.1) is 0 Å². The lowest BCUT2D eigenvalue weighted by Gasteiger charge is -2.12. The van der Waals surface area contributed by atoms with E-state index >= 15 is 0 Å². The lowest BCUT2D eigenvalue weighted by atomic mass is 10.3. The molecule has 0 fully saturated rings. The summed E-state index contributed by atoms with van der Waals surface area (Å²) in [6.45, 7) is 2.06. The third kappa shape index (κ3) is 9.11. The minimum Gasteiger partial charge on any atom is -0.476 e. The van der Waals surface area contributed by atoms with Gasteiger partial charge < -0.3 is 20.1 Å². The van der Waals surface area contributed by atoms with Crippen LogP contribution < -0.4 is 15.4 Å². The molecule has 0 aliphatic carbocycles. The Morgan fingerprint density at radius 2 is 1.92 bits per heavy atom. The number of nitrogens with zero attached hydrogens (tertiary/aromatic N) is 2. The zero-order chi connectivity index (χ0) is 17.1. The standard InChI is InChI=1S/C14H21F3N4O2.HI/c1-18-13(19-6-3-8-22-2)20-7-9-23-12-5-4-11(10-21-12)14(15,16)17;/h4-5,10H,3,6-9H2,1-2H3,(H2,18,19,20);1H. The number of rotatable bonds is 8. The normalized spacial score (nSPS) is 11.6. The summed E-state index contributed by atoms with van der Waals surface area (Å²) in [6.07, 6.45) is -2.80. The molecule has 0 amide bonds. The van der Waals surface area contributed by atoms with Crippen molar-refractivity contribution in [2.75, 3.05) is 40.5 Å². The quantitative estimate of drug-likeness (QED) is 0.269. The number of methoxy groups -OCH3 is 1. The summed E-state index contributed by atoms with van der Waals surface area (Å²) >= 11 is 0. The Morgan fingerprint density at radius 1 is 1.21 bits per heavy atom. The van der Waals surface area contributed by atoms with Gasteiger partial charge in [-0.2, -0.15) is 13.2 Å². The molecule has 0 radical (unpaired) electrons. The van der Waals surface area contributed by atoms with E-state index in [9.17, 15) is 13.2 Å². The summed E-state index contributed by atoms with van der Waals surface area (Å²) in [5, 5.41) is 6.11. The van der Waals surface area contributed by atoms with E-state index in [0.29, 0.717) is 19.1 Å². The fourth-order valence-electron chi connectivity index (χ4n) is 1.60. The molecule has 1 rings (SSSR count). The van der Waals surface area contributed by atoms with Crippen molar-refractivity contribution in [1.29, 1.82) is 0 Å². The molecular weight excluding hydrogens is 440 g/mol. The molecule has 0 saturated carbocycles. The Kier molecular flexibility index (Phi) is 11.5. The van der Waals surface area contributed by atoms with Crippen molar-refractivity contribution >= 4 is 29.9 Å². The molecule has 0 aromatic carbocycles. The van der Waals surface area contributed by atoms with Gasteiger partial charge in [-0.3, -0.25) is 4.99 Å². The molecule has 0 atom stereocenters. The van der Waals surface area contributed by atoms with Crippen LogP contribution in [0.15, 0.2) is 23.3 Å². The van der Waals surface area contributed by atoms with Crippen LogP contribution in [0.25, 0.3) is 0 Å². The molecule has 0 unspecified atom stereocenters. The maximum Gasteiger partial charge on any atom is 0.417 e. The van der Waals surface area contributed by atoms with Crippen molar-refractivity contribution in [2.24, 2.45) is 4.99 Å². The molecular formula is C14H22F3IN4O2. The molecule has 138 valence electrons. The molecule has 1 heterocycles. The van der Waals surface area contributed by atoms with Crippen molar-refractivity contribution < 1.29 is 22.6 Å². The first-order chi connectivity index (χ1) is 11.0. The number of aromatic nitrogens is 1. The topological polar surface area (TPSA) is 67.8 Å². The third-order valence-electron chi connectivity index (χ3n) is 2.75. The SMILES string of the molecule is CN=C(NCCCOC)NCCOc1ccc(C(F)(F)F)cn1.I. The van der Waals surface area contributed by atoms with Crippen molar-refractivity contribution in [1.82, 2.24) is 15.6 Å². The Morgan fingerprint density at radius 3 is 2.46 bits per heavy atom. The van der Waals surface area contributed by atoms with Gasteiger partial charge in [-0.05, 0) is 12.5 Å². The van der Waals surface area contributed by atoms with Crippen LogP contribution >= 0.6 is 24.0 Å². The van der Waals surface area contributed by atoms with Gasteiger partial charge in [0.1, 0.15) is 6.61 Å². The van der Waals surface area contributed by atoms with E-state index in [1.165, 1.54) is 6.07 Å². The second-order valence-corrected chi connectivity index (χ2v) is 4.50. The van der Waals surface area contributed by atoms with E-state index in [1.54, 1.807) is 14.2 Å². The van der Waals surface area contributed by atoms with Crippen LogP contribution in [0.4, 0.5) is 13.2 Å². The van der Waals surface area contributed by atoms with Crippen molar-refractivity contribution in [3.8, 4) is 5.88 Å². The minimum absolute atomic E-state index is 0. The highest BCUT2D eigenvalue weighted by molar-refractivity contribution is 14.0. The predicted molar refractivity (Wildman–Crippen MR) is 96.0 cm³/mol. The summed E-state index contributed by atoms with van der Waals surface area (Å²) in [5.41, 5.74) is -0.802. The smallest absolute Gasteiger partial charge is 0.417 e. The van der Waals surface area contributed by atoms with Crippen molar-refractivity contribution in [3.05, 3.63) is 23.9 Å². The number of hydrogen-bond acceptors (Lipinski definition) is 4. The van der Waals surface area contributed by atoms with Gasteiger partial charge in [0.15, 0.2) is 5.96 Å². The number of hydrogen-bond donors (Lipinski definition) is 2. The number of alkyl halides is 3. The number of pyridine rings is 1. The molecule has 0 spiro atoms. The van der Waals surface area contributed by atoms with Crippen LogP contribution in [-0.2, 0) is 10.9 Å². The van der Waals surface area contributed by atoms with E-state index in [2.05, 4.69) is 20.6 Å². The van der Waals surface area contributed by atoms with Crippen LogP contribution in [0.2, 0.25) is 0 Å². The van der Waals surface area contributed by atoms with Gasteiger partial charge >= 0.3 is 6.18 Å². The number of halogens is 4. The maximum atomic E-state index is 12.4. The number of nitrogens with one attached hydrogen (secondary N) is 2. The van der Waals surface area contributed by atoms with E-state index in [1.807, 2.05) is 0 Å². The fraction of sp³-hybridized carbons (Fsp3) is 0.571. The van der Waals surface area contributed by atoms with Gasteiger partial charge in [0, 0.05) is 39.6 Å². The predicted octanol–water partition coefficient (Wildman–Crippen LogP) is 2.30. The van der Waals surface area contributed by atoms with Gasteiger partial charge in [-0.25, -0.2) is 4.98 Å². The molecule has 6 nitrogen and oxygen atoms in total. The Balaban J connectivity index is 0.00000529. The Labute approximate surface area is 156 Å². The van der Waals surface area contributed by atoms with E-state index in [0.717, 1.165) is 25.2 Å².